The number of rotatable bonds is 3. The quantitative estimate of drug-likeness (QED) is 0.607. The highest BCUT2D eigenvalue weighted by atomic mass is 16.2. The van der Waals surface area contributed by atoms with Gasteiger partial charge in [0.1, 0.15) is 11.7 Å². The van der Waals surface area contributed by atoms with Crippen molar-refractivity contribution in [1.29, 1.82) is 0 Å². The molecule has 2 amide bonds. The average molecular weight is 208 g/mol. The standard InChI is InChI=1S/C9H12N4O2/c1-5(8(11)14)13-9(15)7-3-2-6(10)4-12-7/h2-5H,10H2,1H3,(H2,11,14)(H,13,15). The molecule has 6 nitrogen and oxygen atoms in total. The average Bonchev–Trinajstić information content (AvgIpc) is 2.18. The summed E-state index contributed by atoms with van der Waals surface area (Å²) < 4.78 is 0. The summed E-state index contributed by atoms with van der Waals surface area (Å²) in [4.78, 5) is 25.9. The van der Waals surface area contributed by atoms with Crippen LogP contribution in [0, 0.1) is 0 Å². The Morgan fingerprint density at radius 3 is 2.60 bits per heavy atom. The highest BCUT2D eigenvalue weighted by molar-refractivity contribution is 5.95. The molecule has 1 unspecified atom stereocenters. The third-order valence-electron chi connectivity index (χ3n) is 1.79. The number of nitrogens with one attached hydrogen (secondary N) is 1. The van der Waals surface area contributed by atoms with Crippen LogP contribution in [0.5, 0.6) is 0 Å². The van der Waals surface area contributed by atoms with Crippen molar-refractivity contribution in [2.75, 3.05) is 5.73 Å². The van der Waals surface area contributed by atoms with Gasteiger partial charge in [-0.15, -0.1) is 0 Å². The summed E-state index contributed by atoms with van der Waals surface area (Å²) in [5.74, 6) is -1.06. The molecule has 0 aromatic carbocycles. The van der Waals surface area contributed by atoms with E-state index in [0.717, 1.165) is 0 Å². The van der Waals surface area contributed by atoms with Crippen LogP contribution in [0.2, 0.25) is 0 Å². The number of carbonyl (C=O) groups is 2. The summed E-state index contributed by atoms with van der Waals surface area (Å²) in [5, 5.41) is 2.40. The fourth-order valence-corrected chi connectivity index (χ4v) is 0.881. The van der Waals surface area contributed by atoms with Crippen molar-refractivity contribution in [3.63, 3.8) is 0 Å². The van der Waals surface area contributed by atoms with Gasteiger partial charge in [-0.1, -0.05) is 0 Å². The highest BCUT2D eigenvalue weighted by Gasteiger charge is 2.14. The number of hydrogen-bond donors (Lipinski definition) is 3. The fourth-order valence-electron chi connectivity index (χ4n) is 0.881. The maximum atomic E-state index is 11.4. The van der Waals surface area contributed by atoms with Crippen LogP contribution in [0.25, 0.3) is 0 Å². The molecule has 0 aliphatic rings. The second-order valence-corrected chi connectivity index (χ2v) is 3.07. The van der Waals surface area contributed by atoms with E-state index in [-0.39, 0.29) is 5.69 Å². The van der Waals surface area contributed by atoms with Crippen LogP contribution in [0.1, 0.15) is 17.4 Å². The van der Waals surface area contributed by atoms with Crippen molar-refractivity contribution < 1.29 is 9.59 Å². The second-order valence-electron chi connectivity index (χ2n) is 3.07. The van der Waals surface area contributed by atoms with Gasteiger partial charge in [0.15, 0.2) is 0 Å². The SMILES string of the molecule is CC(NC(=O)c1ccc(N)cn1)C(N)=O. The summed E-state index contributed by atoms with van der Waals surface area (Å²) in [6.07, 6.45) is 1.36. The van der Waals surface area contributed by atoms with Gasteiger partial charge in [0.25, 0.3) is 5.91 Å². The molecule has 0 aliphatic carbocycles. The summed E-state index contributed by atoms with van der Waals surface area (Å²) in [6.45, 7) is 1.50. The number of aromatic nitrogens is 1. The molecule has 0 saturated heterocycles. The fraction of sp³-hybridized carbons (Fsp3) is 0.222. The molecule has 6 heteroatoms. The molecule has 0 bridgehead atoms. The molecular formula is C9H12N4O2. The van der Waals surface area contributed by atoms with Crippen molar-refractivity contribution in [2.45, 2.75) is 13.0 Å². The number of hydrogen-bond acceptors (Lipinski definition) is 4. The van der Waals surface area contributed by atoms with Crippen LogP contribution < -0.4 is 16.8 Å². The van der Waals surface area contributed by atoms with Crippen molar-refractivity contribution in [3.8, 4) is 0 Å². The number of nitrogen functional groups attached to an aromatic ring is 1. The van der Waals surface area contributed by atoms with Gasteiger partial charge in [-0.25, -0.2) is 4.98 Å². The van der Waals surface area contributed by atoms with Crippen LogP contribution in [0.3, 0.4) is 0 Å². The lowest BCUT2D eigenvalue weighted by molar-refractivity contribution is -0.119. The van der Waals surface area contributed by atoms with Crippen LogP contribution in [-0.4, -0.2) is 22.8 Å². The van der Waals surface area contributed by atoms with Gasteiger partial charge in [-0.05, 0) is 19.1 Å². The van der Waals surface area contributed by atoms with E-state index in [4.69, 9.17) is 11.5 Å². The first-order valence-corrected chi connectivity index (χ1v) is 4.32. The van der Waals surface area contributed by atoms with Crippen molar-refractivity contribution in [2.24, 2.45) is 5.73 Å². The smallest absolute Gasteiger partial charge is 0.270 e. The zero-order chi connectivity index (χ0) is 11.4. The molecule has 1 aromatic heterocycles. The number of nitrogens with two attached hydrogens (primary N) is 2. The Labute approximate surface area is 86.7 Å². The monoisotopic (exact) mass is 208 g/mol. The molecule has 1 rings (SSSR count). The van der Waals surface area contributed by atoms with E-state index in [1.54, 1.807) is 6.07 Å². The number of carbonyl (C=O) groups excluding carboxylic acids is 2. The van der Waals surface area contributed by atoms with Crippen LogP contribution >= 0.6 is 0 Å². The topological polar surface area (TPSA) is 111 Å². The van der Waals surface area contributed by atoms with Gasteiger partial charge in [0.2, 0.25) is 5.91 Å². The van der Waals surface area contributed by atoms with Crippen molar-refractivity contribution in [3.05, 3.63) is 24.0 Å². The first kappa shape index (κ1) is 11.0. The third-order valence-corrected chi connectivity index (χ3v) is 1.79. The molecule has 0 radical (unpaired) electrons. The van der Waals surface area contributed by atoms with Crippen LogP contribution in [0.4, 0.5) is 5.69 Å². The van der Waals surface area contributed by atoms with Gasteiger partial charge in [0.05, 0.1) is 11.9 Å². The molecule has 0 aliphatic heterocycles. The first-order valence-electron chi connectivity index (χ1n) is 4.32. The van der Waals surface area contributed by atoms with Gasteiger partial charge < -0.3 is 16.8 Å². The highest BCUT2D eigenvalue weighted by Crippen LogP contribution is 2.01. The second kappa shape index (κ2) is 4.41. The molecule has 5 N–H and O–H groups in total. The van der Waals surface area contributed by atoms with Crippen molar-refractivity contribution in [1.82, 2.24) is 10.3 Å². The number of nitrogens with zero attached hydrogens (tertiary/aromatic N) is 1. The molecule has 0 fully saturated rings. The maximum Gasteiger partial charge on any atom is 0.270 e. The number of pyridine rings is 1. The Morgan fingerprint density at radius 1 is 1.47 bits per heavy atom. The Bertz CT molecular complexity index is 374. The minimum Gasteiger partial charge on any atom is -0.397 e. The first-order chi connectivity index (χ1) is 7.00. The lowest BCUT2D eigenvalue weighted by Crippen LogP contribution is -2.42. The van der Waals surface area contributed by atoms with Gasteiger partial charge in [-0.3, -0.25) is 9.59 Å². The largest absolute Gasteiger partial charge is 0.397 e. The Balaban J connectivity index is 2.69. The van der Waals surface area contributed by atoms with E-state index in [9.17, 15) is 9.59 Å². The van der Waals surface area contributed by atoms with E-state index >= 15 is 0 Å². The molecular weight excluding hydrogens is 196 g/mol. The van der Waals surface area contributed by atoms with E-state index < -0.39 is 17.9 Å². The van der Waals surface area contributed by atoms with Gasteiger partial charge in [0, 0.05) is 0 Å². The summed E-state index contributed by atoms with van der Waals surface area (Å²) >= 11 is 0. The van der Waals surface area contributed by atoms with E-state index in [1.807, 2.05) is 0 Å². The van der Waals surface area contributed by atoms with Gasteiger partial charge in [-0.2, -0.15) is 0 Å². The number of amides is 2. The summed E-state index contributed by atoms with van der Waals surface area (Å²) in [5.41, 5.74) is 11.1. The molecule has 80 valence electrons. The number of primary amides is 1. The predicted molar refractivity (Wildman–Crippen MR) is 54.8 cm³/mol. The molecule has 15 heavy (non-hydrogen) atoms. The van der Waals surface area contributed by atoms with E-state index in [2.05, 4.69) is 10.3 Å². The lowest BCUT2D eigenvalue weighted by atomic mass is 10.2. The molecule has 0 spiro atoms. The maximum absolute atomic E-state index is 11.4. The lowest BCUT2D eigenvalue weighted by Gasteiger charge is -2.09. The van der Waals surface area contributed by atoms with E-state index in [1.165, 1.54) is 19.2 Å². The Hall–Kier alpha value is -2.11. The zero-order valence-electron chi connectivity index (χ0n) is 8.23. The number of anilines is 1. The molecule has 1 atom stereocenters. The molecule has 0 saturated carbocycles. The normalized spacial score (nSPS) is 11.8. The minimum atomic E-state index is -0.725. The minimum absolute atomic E-state index is 0.192. The van der Waals surface area contributed by atoms with Gasteiger partial charge >= 0.3 is 0 Å². The Kier molecular flexibility index (Phi) is 3.22. The van der Waals surface area contributed by atoms with Crippen LogP contribution in [-0.2, 0) is 4.79 Å². The van der Waals surface area contributed by atoms with Crippen LogP contribution in [0.15, 0.2) is 18.3 Å². The third kappa shape index (κ3) is 2.94. The molecule has 1 heterocycles. The molecule has 1 aromatic rings. The zero-order valence-corrected chi connectivity index (χ0v) is 8.23. The van der Waals surface area contributed by atoms with Crippen molar-refractivity contribution >= 4 is 17.5 Å². The summed E-state index contributed by atoms with van der Waals surface area (Å²) in [6, 6.07) is 2.30. The van der Waals surface area contributed by atoms with E-state index in [0.29, 0.717) is 5.69 Å². The summed E-state index contributed by atoms with van der Waals surface area (Å²) in [7, 11) is 0. The Morgan fingerprint density at radius 2 is 2.13 bits per heavy atom. The predicted octanol–water partition coefficient (Wildman–Crippen LogP) is -0.733.